The van der Waals surface area contributed by atoms with E-state index >= 15 is 0 Å². The molecule has 1 fully saturated rings. The van der Waals surface area contributed by atoms with Crippen LogP contribution in [0.25, 0.3) is 17.0 Å². The van der Waals surface area contributed by atoms with Gasteiger partial charge in [0.2, 0.25) is 0 Å². The lowest BCUT2D eigenvalue weighted by molar-refractivity contribution is -0.113. The van der Waals surface area contributed by atoms with Crippen molar-refractivity contribution in [3.63, 3.8) is 0 Å². The number of nitrogens with zero attached hydrogens (tertiary/aromatic N) is 2. The summed E-state index contributed by atoms with van der Waals surface area (Å²) in [6.45, 7) is 0.267. The van der Waals surface area contributed by atoms with Gasteiger partial charge in [0.25, 0.3) is 5.91 Å². The van der Waals surface area contributed by atoms with E-state index in [0.29, 0.717) is 30.5 Å². The summed E-state index contributed by atoms with van der Waals surface area (Å²) in [5.74, 6) is -0.564. The number of benzene rings is 3. The Morgan fingerprint density at radius 3 is 2.61 bits per heavy atom. The van der Waals surface area contributed by atoms with Crippen molar-refractivity contribution in [3.8, 4) is 0 Å². The number of anilines is 1. The molecule has 1 saturated heterocycles. The van der Waals surface area contributed by atoms with Crippen molar-refractivity contribution in [1.29, 1.82) is 0 Å². The summed E-state index contributed by atoms with van der Waals surface area (Å²) in [6.07, 6.45) is 3.73. The second-order valence-electron chi connectivity index (χ2n) is 7.43. The van der Waals surface area contributed by atoms with E-state index in [2.05, 4.69) is 0 Å². The normalized spacial score (nSPS) is 15.2. The van der Waals surface area contributed by atoms with Crippen LogP contribution in [0.15, 0.2) is 77.8 Å². The van der Waals surface area contributed by atoms with Gasteiger partial charge in [-0.15, -0.1) is 0 Å². The standard InChI is InChI=1S/C25H15Cl2FN2OS2/c26-16-5-3-6-17(12-16)30-24(31)23(33-25(30)32)11-15-13-29(22-10-2-1-7-18(15)22)14-19-20(27)8-4-9-21(19)28/h1-13H,14H2/b23-11-. The molecule has 0 spiro atoms. The molecule has 1 aliphatic rings. The number of para-hydroxylation sites is 1. The van der Waals surface area contributed by atoms with Crippen molar-refractivity contribution in [2.24, 2.45) is 0 Å². The number of rotatable bonds is 4. The average Bonchev–Trinajstić information content (AvgIpc) is 3.27. The second-order valence-corrected chi connectivity index (χ2v) is 9.95. The zero-order chi connectivity index (χ0) is 23.1. The summed E-state index contributed by atoms with van der Waals surface area (Å²) < 4.78 is 16.8. The Hall–Kier alpha value is -2.64. The van der Waals surface area contributed by atoms with Gasteiger partial charge in [0.15, 0.2) is 4.32 Å². The summed E-state index contributed by atoms with van der Waals surface area (Å²) in [7, 11) is 0. The number of hydrogen-bond acceptors (Lipinski definition) is 3. The Morgan fingerprint density at radius 1 is 1.03 bits per heavy atom. The summed E-state index contributed by atoms with van der Waals surface area (Å²) in [6, 6.07) is 19.5. The van der Waals surface area contributed by atoms with Crippen molar-refractivity contribution in [2.75, 3.05) is 4.90 Å². The highest BCUT2D eigenvalue weighted by Gasteiger charge is 2.33. The van der Waals surface area contributed by atoms with Gasteiger partial charge in [0, 0.05) is 38.3 Å². The molecule has 0 saturated carbocycles. The van der Waals surface area contributed by atoms with Gasteiger partial charge in [-0.05, 0) is 42.5 Å². The van der Waals surface area contributed by atoms with Crippen LogP contribution in [-0.2, 0) is 11.3 Å². The number of halogens is 3. The maximum absolute atomic E-state index is 14.4. The topological polar surface area (TPSA) is 25.2 Å². The molecule has 0 N–H and O–H groups in total. The SMILES string of the molecule is O=C1/C(=C/c2cn(Cc3c(F)cccc3Cl)c3ccccc23)SC(=S)N1c1cccc(Cl)c1. The van der Waals surface area contributed by atoms with Crippen LogP contribution < -0.4 is 4.90 Å². The third-order valence-electron chi connectivity index (χ3n) is 5.36. The predicted molar refractivity (Wildman–Crippen MR) is 140 cm³/mol. The number of carbonyl (C=O) groups is 1. The first-order chi connectivity index (χ1) is 15.9. The zero-order valence-corrected chi connectivity index (χ0v) is 20.1. The van der Waals surface area contributed by atoms with E-state index in [1.54, 1.807) is 36.4 Å². The summed E-state index contributed by atoms with van der Waals surface area (Å²) in [5, 5.41) is 1.84. The molecular formula is C25H15Cl2FN2OS2. The van der Waals surface area contributed by atoms with E-state index in [9.17, 15) is 9.18 Å². The van der Waals surface area contributed by atoms with Crippen LogP contribution >= 0.6 is 47.2 Å². The van der Waals surface area contributed by atoms with Crippen LogP contribution in [0.3, 0.4) is 0 Å². The first-order valence-corrected chi connectivity index (χ1v) is 11.9. The van der Waals surface area contributed by atoms with Crippen molar-refractivity contribution in [2.45, 2.75) is 6.54 Å². The van der Waals surface area contributed by atoms with Crippen molar-refractivity contribution in [1.82, 2.24) is 4.57 Å². The summed E-state index contributed by atoms with van der Waals surface area (Å²) >= 11 is 19.1. The van der Waals surface area contributed by atoms with Gasteiger partial charge in [0.1, 0.15) is 5.82 Å². The Balaban J connectivity index is 1.55. The minimum absolute atomic E-state index is 0.207. The maximum Gasteiger partial charge on any atom is 0.270 e. The minimum Gasteiger partial charge on any atom is -0.342 e. The first kappa shape index (κ1) is 22.2. The minimum atomic E-state index is -0.357. The monoisotopic (exact) mass is 512 g/mol. The lowest BCUT2D eigenvalue weighted by Gasteiger charge is -2.14. The molecule has 5 rings (SSSR count). The zero-order valence-electron chi connectivity index (χ0n) is 17.0. The number of thiocarbonyl (C=S) groups is 1. The van der Waals surface area contributed by atoms with E-state index in [1.165, 1.54) is 22.7 Å². The van der Waals surface area contributed by atoms with Crippen LogP contribution in [0.4, 0.5) is 10.1 Å². The van der Waals surface area contributed by atoms with Crippen LogP contribution in [0.5, 0.6) is 0 Å². The van der Waals surface area contributed by atoms with Gasteiger partial charge in [-0.2, -0.15) is 0 Å². The molecule has 1 aromatic heterocycles. The molecule has 1 aliphatic heterocycles. The fourth-order valence-electron chi connectivity index (χ4n) is 3.82. The molecule has 0 atom stereocenters. The third-order valence-corrected chi connectivity index (χ3v) is 7.25. The van der Waals surface area contributed by atoms with Crippen molar-refractivity contribution < 1.29 is 9.18 Å². The van der Waals surface area contributed by atoms with Gasteiger partial charge < -0.3 is 4.57 Å². The largest absolute Gasteiger partial charge is 0.342 e. The Bertz CT molecular complexity index is 1440. The lowest BCUT2D eigenvalue weighted by Crippen LogP contribution is -2.27. The third kappa shape index (κ3) is 4.20. The molecule has 8 heteroatoms. The van der Waals surface area contributed by atoms with Gasteiger partial charge in [-0.3, -0.25) is 9.69 Å². The number of carbonyl (C=O) groups excluding carboxylic acids is 1. The van der Waals surface area contributed by atoms with Crippen LogP contribution in [0.1, 0.15) is 11.1 Å². The second kappa shape index (κ2) is 8.95. The molecule has 0 aliphatic carbocycles. The van der Waals surface area contributed by atoms with Crippen LogP contribution in [0, 0.1) is 5.82 Å². The van der Waals surface area contributed by atoms with E-state index in [0.717, 1.165) is 16.5 Å². The number of hydrogen-bond donors (Lipinski definition) is 0. The summed E-state index contributed by atoms with van der Waals surface area (Å²) in [5.41, 5.74) is 2.79. The van der Waals surface area contributed by atoms with Crippen molar-refractivity contribution in [3.05, 3.63) is 105 Å². The van der Waals surface area contributed by atoms with Gasteiger partial charge >= 0.3 is 0 Å². The number of amides is 1. The highest BCUT2D eigenvalue weighted by molar-refractivity contribution is 8.27. The smallest absolute Gasteiger partial charge is 0.270 e. The molecule has 4 aromatic rings. The Morgan fingerprint density at radius 2 is 1.82 bits per heavy atom. The number of fused-ring (bicyclic) bond motifs is 1. The molecule has 164 valence electrons. The Labute approximate surface area is 209 Å². The molecule has 0 bridgehead atoms. The average molecular weight is 513 g/mol. The molecule has 1 amide bonds. The van der Waals surface area contributed by atoms with E-state index in [-0.39, 0.29) is 18.3 Å². The quantitative estimate of drug-likeness (QED) is 0.208. The van der Waals surface area contributed by atoms with E-state index < -0.39 is 0 Å². The first-order valence-electron chi connectivity index (χ1n) is 9.96. The summed E-state index contributed by atoms with van der Waals surface area (Å²) in [4.78, 5) is 15.2. The highest BCUT2D eigenvalue weighted by Crippen LogP contribution is 2.38. The fourth-order valence-corrected chi connectivity index (χ4v) is 5.52. The van der Waals surface area contributed by atoms with Crippen LogP contribution in [-0.4, -0.2) is 14.8 Å². The van der Waals surface area contributed by atoms with Gasteiger partial charge in [-0.1, -0.05) is 77.5 Å². The number of aromatic nitrogens is 1. The van der Waals surface area contributed by atoms with Gasteiger partial charge in [0.05, 0.1) is 17.1 Å². The van der Waals surface area contributed by atoms with E-state index in [4.69, 9.17) is 35.4 Å². The molecule has 0 radical (unpaired) electrons. The molecule has 3 aromatic carbocycles. The molecule has 3 nitrogen and oxygen atoms in total. The molecule has 33 heavy (non-hydrogen) atoms. The van der Waals surface area contributed by atoms with Crippen molar-refractivity contribution >= 4 is 80.1 Å². The molecule has 2 heterocycles. The Kier molecular flexibility index (Phi) is 6.01. The fraction of sp³-hybridized carbons (Fsp3) is 0.0400. The number of thioether (sulfide) groups is 1. The van der Waals surface area contributed by atoms with E-state index in [1.807, 2.05) is 41.1 Å². The highest BCUT2D eigenvalue weighted by atomic mass is 35.5. The van der Waals surface area contributed by atoms with Gasteiger partial charge in [-0.25, -0.2) is 4.39 Å². The molecule has 0 unspecified atom stereocenters. The molecular weight excluding hydrogens is 498 g/mol. The lowest BCUT2D eigenvalue weighted by atomic mass is 10.1. The van der Waals surface area contributed by atoms with Crippen LogP contribution in [0.2, 0.25) is 10.0 Å². The predicted octanol–water partition coefficient (Wildman–Crippen LogP) is 7.54. The maximum atomic E-state index is 14.4.